The number of alkyl halides is 1. The zero-order valence-electron chi connectivity index (χ0n) is 15.0. The van der Waals surface area contributed by atoms with Gasteiger partial charge in [0, 0.05) is 30.9 Å². The molecule has 2 aromatic rings. The molecule has 1 saturated carbocycles. The number of benzene rings is 1. The van der Waals surface area contributed by atoms with Crippen LogP contribution in [0, 0.1) is 11.8 Å². The van der Waals surface area contributed by atoms with E-state index in [1.165, 1.54) is 11.3 Å². The zero-order valence-corrected chi connectivity index (χ0v) is 18.9. The summed E-state index contributed by atoms with van der Waals surface area (Å²) in [5, 5.41) is 20.7. The largest absolute Gasteiger partial charge is 0.477 e. The lowest BCUT2D eigenvalue weighted by molar-refractivity contribution is 0.0702. The molecule has 1 aromatic carbocycles. The van der Waals surface area contributed by atoms with Gasteiger partial charge in [0.05, 0.1) is 6.10 Å². The van der Waals surface area contributed by atoms with E-state index in [1.54, 1.807) is 23.9 Å². The van der Waals surface area contributed by atoms with E-state index in [1.807, 2.05) is 18.2 Å². The van der Waals surface area contributed by atoms with E-state index in [2.05, 4.69) is 0 Å². The summed E-state index contributed by atoms with van der Waals surface area (Å²) < 4.78 is 0. The standard InChI is InChI=1S/C20H21Cl3O3S2/c21-11-6-12(22)8-14(7-11)27-10-16-15(17(23)9-18(16)24)3-1-2-13-4-5-19(28-13)20(25)26/h4-8,15-18,24H,1-3,9-10H2,(H,25,26). The average Bonchev–Trinajstić information content (AvgIpc) is 3.18. The lowest BCUT2D eigenvalue weighted by atomic mass is 9.91. The van der Waals surface area contributed by atoms with Crippen molar-refractivity contribution in [3.63, 3.8) is 0 Å². The van der Waals surface area contributed by atoms with Crippen LogP contribution in [0.15, 0.2) is 35.2 Å². The predicted molar refractivity (Wildman–Crippen MR) is 119 cm³/mol. The molecule has 3 nitrogen and oxygen atoms in total. The van der Waals surface area contributed by atoms with Gasteiger partial charge < -0.3 is 10.2 Å². The Bertz CT molecular complexity index is 807. The molecule has 152 valence electrons. The molecule has 4 atom stereocenters. The Morgan fingerprint density at radius 1 is 1.18 bits per heavy atom. The van der Waals surface area contributed by atoms with Crippen LogP contribution in [0.4, 0.5) is 0 Å². The molecule has 0 amide bonds. The molecule has 0 radical (unpaired) electrons. The van der Waals surface area contributed by atoms with Gasteiger partial charge in [0.1, 0.15) is 4.88 Å². The molecule has 8 heteroatoms. The van der Waals surface area contributed by atoms with Crippen LogP contribution in [0.3, 0.4) is 0 Å². The molecular formula is C20H21Cl3O3S2. The molecular weight excluding hydrogens is 459 g/mol. The molecule has 28 heavy (non-hydrogen) atoms. The minimum absolute atomic E-state index is 0.0403. The number of thioether (sulfide) groups is 1. The third-order valence-electron chi connectivity index (χ3n) is 5.09. The van der Waals surface area contributed by atoms with Gasteiger partial charge >= 0.3 is 5.97 Å². The SMILES string of the molecule is O=C(O)c1ccc(CCCC2C(Cl)CC(O)C2CSc2cc(Cl)cc(Cl)c2)s1. The Morgan fingerprint density at radius 3 is 2.54 bits per heavy atom. The molecule has 0 aliphatic heterocycles. The van der Waals surface area contributed by atoms with E-state index in [9.17, 15) is 9.90 Å². The van der Waals surface area contributed by atoms with Crippen molar-refractivity contribution in [2.75, 3.05) is 5.75 Å². The van der Waals surface area contributed by atoms with Gasteiger partial charge in [-0.05, 0) is 67.9 Å². The van der Waals surface area contributed by atoms with E-state index < -0.39 is 12.1 Å². The van der Waals surface area contributed by atoms with Gasteiger partial charge in [0.25, 0.3) is 0 Å². The maximum Gasteiger partial charge on any atom is 0.345 e. The lowest BCUT2D eigenvalue weighted by Crippen LogP contribution is -2.23. The van der Waals surface area contributed by atoms with Crippen molar-refractivity contribution in [1.29, 1.82) is 0 Å². The topological polar surface area (TPSA) is 57.5 Å². The van der Waals surface area contributed by atoms with E-state index in [0.29, 0.717) is 21.3 Å². The van der Waals surface area contributed by atoms with Crippen LogP contribution in [-0.2, 0) is 6.42 Å². The van der Waals surface area contributed by atoms with Crippen molar-refractivity contribution in [2.45, 2.75) is 42.1 Å². The Labute approximate surface area is 188 Å². The van der Waals surface area contributed by atoms with Gasteiger partial charge in [-0.1, -0.05) is 23.2 Å². The number of hydrogen-bond donors (Lipinski definition) is 2. The first-order chi connectivity index (χ1) is 13.3. The molecule has 0 bridgehead atoms. The molecule has 3 rings (SSSR count). The lowest BCUT2D eigenvalue weighted by Gasteiger charge is -2.23. The zero-order chi connectivity index (χ0) is 20.3. The fraction of sp³-hybridized carbons (Fsp3) is 0.450. The number of aliphatic hydroxyl groups excluding tert-OH is 1. The summed E-state index contributed by atoms with van der Waals surface area (Å²) in [5.41, 5.74) is 0. The average molecular weight is 480 g/mol. The van der Waals surface area contributed by atoms with Crippen LogP contribution in [0.1, 0.15) is 33.8 Å². The molecule has 2 N–H and O–H groups in total. The number of carboxylic acids is 1. The normalized spacial score (nSPS) is 24.6. The number of thiophene rings is 1. The summed E-state index contributed by atoms with van der Waals surface area (Å²) in [6, 6.07) is 9.00. The van der Waals surface area contributed by atoms with Gasteiger partial charge in [-0.2, -0.15) is 0 Å². The van der Waals surface area contributed by atoms with Gasteiger partial charge in [-0.3, -0.25) is 0 Å². The molecule has 0 spiro atoms. The van der Waals surface area contributed by atoms with E-state index in [0.717, 1.165) is 34.8 Å². The van der Waals surface area contributed by atoms with Crippen LogP contribution in [-0.4, -0.2) is 33.4 Å². The minimum Gasteiger partial charge on any atom is -0.477 e. The number of hydrogen-bond acceptors (Lipinski definition) is 4. The van der Waals surface area contributed by atoms with E-state index in [-0.39, 0.29) is 17.2 Å². The maximum atomic E-state index is 11.0. The van der Waals surface area contributed by atoms with Crippen molar-refractivity contribution in [1.82, 2.24) is 0 Å². The quantitative estimate of drug-likeness (QED) is 0.336. The second-order valence-corrected chi connectivity index (χ2v) is 10.7. The smallest absolute Gasteiger partial charge is 0.345 e. The van der Waals surface area contributed by atoms with Gasteiger partial charge in [0.2, 0.25) is 0 Å². The Hall–Kier alpha value is -0.430. The number of carboxylic acid groups (broad SMARTS) is 1. The second kappa shape index (κ2) is 10.1. The highest BCUT2D eigenvalue weighted by molar-refractivity contribution is 7.99. The molecule has 1 aliphatic rings. The Kier molecular flexibility index (Phi) is 7.99. The monoisotopic (exact) mass is 478 g/mol. The van der Waals surface area contributed by atoms with Crippen LogP contribution < -0.4 is 0 Å². The molecule has 1 heterocycles. The first-order valence-corrected chi connectivity index (χ1v) is 12.1. The van der Waals surface area contributed by atoms with Crippen molar-refractivity contribution >= 4 is 63.9 Å². The number of aliphatic hydroxyl groups is 1. The van der Waals surface area contributed by atoms with Gasteiger partial charge in [-0.25, -0.2) is 4.79 Å². The Morgan fingerprint density at radius 2 is 1.89 bits per heavy atom. The highest BCUT2D eigenvalue weighted by Crippen LogP contribution is 2.42. The summed E-state index contributed by atoms with van der Waals surface area (Å²) >= 11 is 21.6. The van der Waals surface area contributed by atoms with Crippen molar-refractivity contribution in [3.05, 3.63) is 50.1 Å². The molecule has 4 unspecified atom stereocenters. The van der Waals surface area contributed by atoms with Gasteiger partial charge in [-0.15, -0.1) is 34.7 Å². The number of aromatic carboxylic acids is 1. The molecule has 1 aliphatic carbocycles. The number of rotatable bonds is 8. The van der Waals surface area contributed by atoms with Crippen molar-refractivity contribution in [3.8, 4) is 0 Å². The fourth-order valence-electron chi connectivity index (χ4n) is 3.71. The summed E-state index contributed by atoms with van der Waals surface area (Å²) in [4.78, 5) is 13.4. The number of halogens is 3. The summed E-state index contributed by atoms with van der Waals surface area (Å²) in [6.45, 7) is 0. The van der Waals surface area contributed by atoms with Crippen LogP contribution in [0.5, 0.6) is 0 Å². The number of carbonyl (C=O) groups is 1. The highest BCUT2D eigenvalue weighted by Gasteiger charge is 2.40. The number of aryl methyl sites for hydroxylation is 1. The second-order valence-electron chi connectivity index (χ2n) is 7.03. The van der Waals surface area contributed by atoms with E-state index >= 15 is 0 Å². The molecule has 1 fully saturated rings. The minimum atomic E-state index is -0.880. The van der Waals surface area contributed by atoms with E-state index in [4.69, 9.17) is 39.9 Å². The Balaban J connectivity index is 1.56. The van der Waals surface area contributed by atoms with Crippen molar-refractivity contribution < 1.29 is 15.0 Å². The first kappa shape index (κ1) is 22.3. The molecule has 0 saturated heterocycles. The van der Waals surface area contributed by atoms with Crippen LogP contribution in [0.25, 0.3) is 0 Å². The van der Waals surface area contributed by atoms with Crippen LogP contribution >= 0.6 is 57.9 Å². The maximum absolute atomic E-state index is 11.0. The van der Waals surface area contributed by atoms with Crippen LogP contribution in [0.2, 0.25) is 10.0 Å². The fourth-order valence-corrected chi connectivity index (χ4v) is 7.02. The first-order valence-electron chi connectivity index (χ1n) is 9.06. The summed E-state index contributed by atoms with van der Waals surface area (Å²) in [7, 11) is 0. The summed E-state index contributed by atoms with van der Waals surface area (Å²) in [6.07, 6.45) is 2.86. The summed E-state index contributed by atoms with van der Waals surface area (Å²) in [5.74, 6) is 0.226. The highest BCUT2D eigenvalue weighted by atomic mass is 35.5. The third-order valence-corrected chi connectivity index (χ3v) is 8.28. The molecule has 1 aromatic heterocycles. The van der Waals surface area contributed by atoms with Crippen molar-refractivity contribution in [2.24, 2.45) is 11.8 Å². The predicted octanol–water partition coefficient (Wildman–Crippen LogP) is 6.47. The van der Waals surface area contributed by atoms with Gasteiger partial charge in [0.15, 0.2) is 0 Å². The third kappa shape index (κ3) is 5.80.